The molecule has 0 unspecified atom stereocenters. The predicted octanol–water partition coefficient (Wildman–Crippen LogP) is 5.40. The largest absolute Gasteiger partial charge is 0.352 e. The molecule has 0 spiro atoms. The highest BCUT2D eigenvalue weighted by molar-refractivity contribution is 7.80. The zero-order valence-electron chi connectivity index (χ0n) is 17.5. The monoisotopic (exact) mass is 459 g/mol. The standard InChI is InChI=1S/C25H22ClN5S/c1-17-15-19(10-11-20(17)26)30-14-6-9-22(30)24-23(21-8-3-5-13-28-21)29-25(32)31(24)16-18-7-2-4-12-27-18/h2-15,23-24H,16H2,1H3,(H,29,32)/t23-,24-/m1/s1. The molecule has 5 nitrogen and oxygen atoms in total. The van der Waals surface area contributed by atoms with Gasteiger partial charge in [0, 0.05) is 35.0 Å². The molecule has 7 heteroatoms. The lowest BCUT2D eigenvalue weighted by atomic mass is 10.0. The topological polar surface area (TPSA) is 46.0 Å². The van der Waals surface area contributed by atoms with Crippen LogP contribution in [0, 0.1) is 6.92 Å². The molecule has 1 N–H and O–H groups in total. The number of hydrogen-bond donors (Lipinski definition) is 1. The maximum Gasteiger partial charge on any atom is 0.170 e. The Balaban J connectivity index is 1.61. The van der Waals surface area contributed by atoms with Crippen LogP contribution in [0.25, 0.3) is 5.69 Å². The molecule has 0 amide bonds. The third-order valence-corrected chi connectivity index (χ3v) is 6.54. The van der Waals surface area contributed by atoms with Crippen molar-refractivity contribution >= 4 is 28.9 Å². The van der Waals surface area contributed by atoms with Crippen LogP contribution in [0.1, 0.15) is 34.7 Å². The maximum atomic E-state index is 6.28. The molecule has 2 atom stereocenters. The third kappa shape index (κ3) is 3.87. The highest BCUT2D eigenvalue weighted by Gasteiger charge is 2.41. The fourth-order valence-corrected chi connectivity index (χ4v) is 4.64. The molecule has 160 valence electrons. The summed E-state index contributed by atoms with van der Waals surface area (Å²) in [5, 5.41) is 4.96. The summed E-state index contributed by atoms with van der Waals surface area (Å²) in [5.74, 6) is 0. The van der Waals surface area contributed by atoms with E-state index in [9.17, 15) is 0 Å². The van der Waals surface area contributed by atoms with Crippen LogP contribution in [0.15, 0.2) is 85.3 Å². The molecule has 1 fully saturated rings. The molecule has 3 aromatic heterocycles. The van der Waals surface area contributed by atoms with Crippen molar-refractivity contribution < 1.29 is 0 Å². The van der Waals surface area contributed by atoms with Crippen molar-refractivity contribution in [2.24, 2.45) is 0 Å². The number of aromatic nitrogens is 3. The molecule has 1 aliphatic heterocycles. The number of thiocarbonyl (C=S) groups is 1. The van der Waals surface area contributed by atoms with E-state index in [2.05, 4.69) is 49.1 Å². The summed E-state index contributed by atoms with van der Waals surface area (Å²) in [6.45, 7) is 2.62. The lowest BCUT2D eigenvalue weighted by Gasteiger charge is -2.28. The van der Waals surface area contributed by atoms with E-state index in [0.29, 0.717) is 11.7 Å². The van der Waals surface area contributed by atoms with Gasteiger partial charge < -0.3 is 14.8 Å². The van der Waals surface area contributed by atoms with Crippen LogP contribution in [0.2, 0.25) is 5.02 Å². The average molecular weight is 460 g/mol. The lowest BCUT2D eigenvalue weighted by molar-refractivity contribution is 0.299. The first-order valence-electron chi connectivity index (χ1n) is 10.4. The number of hydrogen-bond acceptors (Lipinski definition) is 3. The second kappa shape index (κ2) is 8.73. The molecule has 1 saturated heterocycles. The van der Waals surface area contributed by atoms with Gasteiger partial charge in [0.05, 0.1) is 30.0 Å². The van der Waals surface area contributed by atoms with E-state index in [1.807, 2.05) is 67.8 Å². The highest BCUT2D eigenvalue weighted by atomic mass is 35.5. The number of halogens is 1. The first-order chi connectivity index (χ1) is 15.6. The number of rotatable bonds is 5. The molecule has 1 aromatic carbocycles. The summed E-state index contributed by atoms with van der Waals surface area (Å²) in [6, 6.07) is 22.1. The van der Waals surface area contributed by atoms with Gasteiger partial charge in [0.25, 0.3) is 0 Å². The van der Waals surface area contributed by atoms with Crippen LogP contribution >= 0.6 is 23.8 Å². The van der Waals surface area contributed by atoms with Crippen molar-refractivity contribution in [3.05, 3.63) is 113 Å². The van der Waals surface area contributed by atoms with Gasteiger partial charge in [0.2, 0.25) is 0 Å². The average Bonchev–Trinajstić information content (AvgIpc) is 3.42. The van der Waals surface area contributed by atoms with Gasteiger partial charge in [-0.1, -0.05) is 23.7 Å². The fourth-order valence-electron chi connectivity index (χ4n) is 4.21. The Labute approximate surface area is 197 Å². The van der Waals surface area contributed by atoms with Gasteiger partial charge >= 0.3 is 0 Å². The van der Waals surface area contributed by atoms with E-state index in [1.165, 1.54) is 0 Å². The minimum Gasteiger partial charge on any atom is -0.352 e. The van der Waals surface area contributed by atoms with Crippen LogP contribution in [-0.4, -0.2) is 24.5 Å². The Morgan fingerprint density at radius 3 is 2.53 bits per heavy atom. The Morgan fingerprint density at radius 2 is 1.81 bits per heavy atom. The molecule has 0 saturated carbocycles. The van der Waals surface area contributed by atoms with Gasteiger partial charge in [-0.25, -0.2) is 0 Å². The number of aryl methyl sites for hydroxylation is 1. The molecule has 4 aromatic rings. The molecular weight excluding hydrogens is 438 g/mol. The fraction of sp³-hybridized carbons (Fsp3) is 0.160. The van der Waals surface area contributed by atoms with E-state index in [-0.39, 0.29) is 12.1 Å². The Kier molecular flexibility index (Phi) is 5.64. The first-order valence-corrected chi connectivity index (χ1v) is 11.2. The molecule has 0 aliphatic carbocycles. The summed E-state index contributed by atoms with van der Waals surface area (Å²) in [4.78, 5) is 11.4. The summed E-state index contributed by atoms with van der Waals surface area (Å²) < 4.78 is 2.20. The van der Waals surface area contributed by atoms with E-state index in [1.54, 1.807) is 0 Å². The van der Waals surface area contributed by atoms with E-state index in [0.717, 1.165) is 33.4 Å². The minimum atomic E-state index is -0.0885. The third-order valence-electron chi connectivity index (χ3n) is 5.76. The lowest BCUT2D eigenvalue weighted by Crippen LogP contribution is -2.30. The zero-order valence-corrected chi connectivity index (χ0v) is 19.1. The van der Waals surface area contributed by atoms with Crippen LogP contribution in [-0.2, 0) is 6.54 Å². The van der Waals surface area contributed by atoms with Crippen molar-refractivity contribution in [2.45, 2.75) is 25.6 Å². The summed E-state index contributed by atoms with van der Waals surface area (Å²) >= 11 is 12.1. The van der Waals surface area contributed by atoms with E-state index < -0.39 is 0 Å². The second-order valence-corrected chi connectivity index (χ2v) is 8.61. The van der Waals surface area contributed by atoms with Gasteiger partial charge in [-0.15, -0.1) is 0 Å². The van der Waals surface area contributed by atoms with Crippen LogP contribution in [0.3, 0.4) is 0 Å². The van der Waals surface area contributed by atoms with Crippen molar-refractivity contribution in [1.29, 1.82) is 0 Å². The molecule has 4 heterocycles. The maximum absolute atomic E-state index is 6.28. The number of benzene rings is 1. The van der Waals surface area contributed by atoms with Crippen molar-refractivity contribution in [3.8, 4) is 5.69 Å². The minimum absolute atomic E-state index is 0.0645. The summed E-state index contributed by atoms with van der Waals surface area (Å²) in [5.41, 5.74) is 5.12. The second-order valence-electron chi connectivity index (χ2n) is 7.81. The quantitative estimate of drug-likeness (QED) is 0.405. The Morgan fingerprint density at radius 1 is 1.00 bits per heavy atom. The Bertz CT molecular complexity index is 1240. The number of nitrogens with one attached hydrogen (secondary N) is 1. The number of nitrogens with zero attached hydrogens (tertiary/aromatic N) is 4. The van der Waals surface area contributed by atoms with Gasteiger partial charge in [-0.2, -0.15) is 0 Å². The van der Waals surface area contributed by atoms with Crippen molar-refractivity contribution in [2.75, 3.05) is 0 Å². The Hall–Kier alpha value is -3.22. The van der Waals surface area contributed by atoms with Gasteiger partial charge in [0.1, 0.15) is 0 Å². The summed E-state index contributed by atoms with van der Waals surface area (Å²) in [6.07, 6.45) is 5.71. The molecule has 0 radical (unpaired) electrons. The van der Waals surface area contributed by atoms with E-state index >= 15 is 0 Å². The van der Waals surface area contributed by atoms with Gasteiger partial charge in [0.15, 0.2) is 5.11 Å². The first kappa shape index (κ1) is 20.7. The SMILES string of the molecule is Cc1cc(-n2cccc2[C@@H]2[C@@H](c3ccccn3)NC(=S)N2Cc2ccccn2)ccc1Cl. The number of pyridine rings is 2. The molecule has 5 rings (SSSR count). The van der Waals surface area contributed by atoms with Crippen molar-refractivity contribution in [1.82, 2.24) is 24.8 Å². The molecule has 0 bridgehead atoms. The van der Waals surface area contributed by atoms with Crippen LogP contribution in [0.5, 0.6) is 0 Å². The van der Waals surface area contributed by atoms with Crippen LogP contribution in [0.4, 0.5) is 0 Å². The van der Waals surface area contributed by atoms with Crippen LogP contribution < -0.4 is 5.32 Å². The van der Waals surface area contributed by atoms with Gasteiger partial charge in [-0.3, -0.25) is 9.97 Å². The van der Waals surface area contributed by atoms with E-state index in [4.69, 9.17) is 23.8 Å². The smallest absolute Gasteiger partial charge is 0.170 e. The molecule has 1 aliphatic rings. The zero-order chi connectivity index (χ0) is 22.1. The van der Waals surface area contributed by atoms with Crippen molar-refractivity contribution in [3.63, 3.8) is 0 Å². The molecular formula is C25H22ClN5S. The predicted molar refractivity (Wildman–Crippen MR) is 131 cm³/mol. The summed E-state index contributed by atoms with van der Waals surface area (Å²) in [7, 11) is 0. The van der Waals surface area contributed by atoms with Gasteiger partial charge in [-0.05, 0) is 79.3 Å². The highest BCUT2D eigenvalue weighted by Crippen LogP contribution is 2.40. The molecule has 32 heavy (non-hydrogen) atoms. The normalized spacial score (nSPS) is 18.1.